The minimum atomic E-state index is -0.00871. The van der Waals surface area contributed by atoms with Crippen LogP contribution in [0.25, 0.3) is 0 Å². The van der Waals surface area contributed by atoms with Crippen LogP contribution in [0, 0.1) is 6.07 Å². The molecular weight excluding hydrogens is 164 g/mol. The second kappa shape index (κ2) is 4.21. The molecule has 59 valence electrons. The summed E-state index contributed by atoms with van der Waals surface area (Å²) in [5, 5.41) is 8.89. The predicted molar refractivity (Wildman–Crippen MR) is 42.9 cm³/mol. The molecule has 0 saturated heterocycles. The second-order valence-electron chi connectivity index (χ2n) is 1.92. The van der Waals surface area contributed by atoms with Crippen LogP contribution in [-0.4, -0.2) is 18.3 Å². The molecule has 2 nitrogen and oxygen atoms in total. The zero-order chi connectivity index (χ0) is 8.10. The molecule has 0 aliphatic carbocycles. The summed E-state index contributed by atoms with van der Waals surface area (Å²) in [6.07, 6.45) is 0. The van der Waals surface area contributed by atoms with E-state index in [1.165, 1.54) is 0 Å². The molecule has 0 bridgehead atoms. The van der Waals surface area contributed by atoms with Crippen LogP contribution in [-0.2, 0) is 0 Å². The summed E-state index contributed by atoms with van der Waals surface area (Å²) in [7, 11) is 0. The largest absolute Gasteiger partial charge is 0.490 e. The molecule has 11 heavy (non-hydrogen) atoms. The highest BCUT2D eigenvalue weighted by Gasteiger charge is 1.97. The van der Waals surface area contributed by atoms with Crippen LogP contribution in [0.3, 0.4) is 0 Å². The van der Waals surface area contributed by atoms with E-state index in [4.69, 9.17) is 21.4 Å². The highest BCUT2D eigenvalue weighted by Crippen LogP contribution is 2.21. The van der Waals surface area contributed by atoms with E-state index in [-0.39, 0.29) is 13.2 Å². The van der Waals surface area contributed by atoms with E-state index in [9.17, 15) is 0 Å². The van der Waals surface area contributed by atoms with Crippen molar-refractivity contribution in [2.75, 3.05) is 13.2 Å². The van der Waals surface area contributed by atoms with Crippen molar-refractivity contribution in [1.29, 1.82) is 0 Å². The minimum Gasteiger partial charge on any atom is -0.490 e. The predicted octanol–water partition coefficient (Wildman–Crippen LogP) is 1.51. The van der Waals surface area contributed by atoms with Gasteiger partial charge in [-0.25, -0.2) is 0 Å². The van der Waals surface area contributed by atoms with Crippen LogP contribution in [0.5, 0.6) is 5.75 Å². The zero-order valence-electron chi connectivity index (χ0n) is 5.88. The summed E-state index contributed by atoms with van der Waals surface area (Å²) >= 11 is 5.70. The van der Waals surface area contributed by atoms with Gasteiger partial charge in [-0.1, -0.05) is 23.7 Å². The van der Waals surface area contributed by atoms with Crippen molar-refractivity contribution in [2.24, 2.45) is 0 Å². The van der Waals surface area contributed by atoms with Crippen molar-refractivity contribution < 1.29 is 9.84 Å². The molecule has 1 N–H and O–H groups in total. The van der Waals surface area contributed by atoms with Crippen LogP contribution < -0.4 is 4.74 Å². The van der Waals surface area contributed by atoms with E-state index in [0.717, 1.165) is 0 Å². The Morgan fingerprint density at radius 2 is 2.45 bits per heavy atom. The van der Waals surface area contributed by atoms with Gasteiger partial charge in [0.2, 0.25) is 0 Å². The summed E-state index contributed by atoms with van der Waals surface area (Å²) < 4.78 is 5.07. The molecule has 0 aromatic heterocycles. The molecule has 0 spiro atoms. The lowest BCUT2D eigenvalue weighted by molar-refractivity contribution is 0.201. The normalized spacial score (nSPS) is 9.64. The number of halogens is 1. The summed E-state index contributed by atoms with van der Waals surface area (Å²) in [4.78, 5) is 0. The molecule has 0 aliphatic rings. The van der Waals surface area contributed by atoms with Gasteiger partial charge in [-0.05, 0) is 6.07 Å². The van der Waals surface area contributed by atoms with Crippen LogP contribution in [0.1, 0.15) is 0 Å². The third-order valence-corrected chi connectivity index (χ3v) is 1.41. The van der Waals surface area contributed by atoms with E-state index >= 15 is 0 Å². The molecule has 3 heteroatoms. The second-order valence-corrected chi connectivity index (χ2v) is 2.30. The third-order valence-electron chi connectivity index (χ3n) is 1.12. The molecule has 1 aromatic carbocycles. The van der Waals surface area contributed by atoms with Gasteiger partial charge in [0.1, 0.15) is 12.4 Å². The van der Waals surface area contributed by atoms with Crippen molar-refractivity contribution in [3.63, 3.8) is 0 Å². The average Bonchev–Trinajstić information content (AvgIpc) is 2.03. The first-order valence-corrected chi connectivity index (χ1v) is 3.62. The standard InChI is InChI=1S/C8H8ClO2/c9-7-3-1-2-4-8(7)11-6-5-10/h1-2,4,10H,5-6H2. The fraction of sp³-hybridized carbons (Fsp3) is 0.250. The molecule has 0 aliphatic heterocycles. The van der Waals surface area contributed by atoms with Crippen LogP contribution in [0.4, 0.5) is 0 Å². The first kappa shape index (κ1) is 8.37. The van der Waals surface area contributed by atoms with Gasteiger partial charge >= 0.3 is 0 Å². The fourth-order valence-electron chi connectivity index (χ4n) is 0.668. The van der Waals surface area contributed by atoms with Gasteiger partial charge in [0, 0.05) is 6.07 Å². The maximum atomic E-state index is 8.44. The van der Waals surface area contributed by atoms with E-state index < -0.39 is 0 Å². The fourth-order valence-corrected chi connectivity index (χ4v) is 0.849. The Hall–Kier alpha value is -0.730. The van der Waals surface area contributed by atoms with Gasteiger partial charge in [-0.3, -0.25) is 0 Å². The Labute approximate surface area is 70.4 Å². The molecule has 1 aromatic rings. The number of benzene rings is 1. The third kappa shape index (κ3) is 2.41. The molecule has 1 rings (SSSR count). The van der Waals surface area contributed by atoms with Crippen molar-refractivity contribution in [3.05, 3.63) is 29.3 Å². The highest BCUT2D eigenvalue weighted by molar-refractivity contribution is 6.31. The molecule has 0 saturated carbocycles. The van der Waals surface area contributed by atoms with Crippen LogP contribution >= 0.6 is 11.6 Å². The van der Waals surface area contributed by atoms with Crippen molar-refractivity contribution >= 4 is 11.6 Å². The van der Waals surface area contributed by atoms with E-state index in [1.807, 2.05) is 0 Å². The number of aliphatic hydroxyl groups excluding tert-OH is 1. The van der Waals surface area contributed by atoms with Gasteiger partial charge in [0.15, 0.2) is 0 Å². The van der Waals surface area contributed by atoms with Crippen molar-refractivity contribution in [2.45, 2.75) is 0 Å². The Balaban J connectivity index is 2.62. The van der Waals surface area contributed by atoms with Crippen molar-refractivity contribution in [3.8, 4) is 5.75 Å². The Morgan fingerprint density at radius 3 is 3.09 bits per heavy atom. The van der Waals surface area contributed by atoms with Gasteiger partial charge in [0.25, 0.3) is 0 Å². The van der Waals surface area contributed by atoms with Crippen molar-refractivity contribution in [1.82, 2.24) is 0 Å². The number of hydrogen-bond donors (Lipinski definition) is 1. The number of hydrogen-bond acceptors (Lipinski definition) is 2. The molecule has 0 atom stereocenters. The monoisotopic (exact) mass is 171 g/mol. The van der Waals surface area contributed by atoms with Crippen LogP contribution in [0.2, 0.25) is 5.02 Å². The lowest BCUT2D eigenvalue weighted by Crippen LogP contribution is -2.01. The summed E-state index contributed by atoms with van der Waals surface area (Å²) in [6, 6.07) is 7.98. The molecule has 0 unspecified atom stereocenters. The van der Waals surface area contributed by atoms with Gasteiger partial charge in [-0.15, -0.1) is 0 Å². The van der Waals surface area contributed by atoms with E-state index in [1.54, 1.807) is 18.2 Å². The summed E-state index contributed by atoms with van der Waals surface area (Å²) in [5.74, 6) is 0.559. The average molecular weight is 172 g/mol. The van der Waals surface area contributed by atoms with Crippen LogP contribution in [0.15, 0.2) is 18.2 Å². The van der Waals surface area contributed by atoms with E-state index in [2.05, 4.69) is 6.07 Å². The lowest BCUT2D eigenvalue weighted by atomic mass is 10.3. The van der Waals surface area contributed by atoms with Gasteiger partial charge < -0.3 is 9.84 Å². The minimum absolute atomic E-state index is 0.00871. The van der Waals surface area contributed by atoms with Gasteiger partial charge in [-0.2, -0.15) is 0 Å². The topological polar surface area (TPSA) is 29.5 Å². The molecular formula is C8H8ClO2. The first-order chi connectivity index (χ1) is 5.34. The molecule has 0 fully saturated rings. The molecule has 0 amide bonds. The highest BCUT2D eigenvalue weighted by atomic mass is 35.5. The number of ether oxygens (including phenoxy) is 1. The Kier molecular flexibility index (Phi) is 3.20. The maximum Gasteiger partial charge on any atom is 0.138 e. The SMILES string of the molecule is OCCOc1ccc[c]c1Cl. The quantitative estimate of drug-likeness (QED) is 0.747. The molecule has 0 heterocycles. The zero-order valence-corrected chi connectivity index (χ0v) is 6.64. The first-order valence-electron chi connectivity index (χ1n) is 3.24. The van der Waals surface area contributed by atoms with Gasteiger partial charge in [0.05, 0.1) is 11.6 Å². The Bertz CT molecular complexity index is 225. The maximum absolute atomic E-state index is 8.44. The number of aliphatic hydroxyl groups is 1. The smallest absolute Gasteiger partial charge is 0.138 e. The summed E-state index contributed by atoms with van der Waals surface area (Å²) in [6.45, 7) is 0.253. The number of rotatable bonds is 3. The molecule has 1 radical (unpaired) electrons. The van der Waals surface area contributed by atoms with E-state index in [0.29, 0.717) is 10.8 Å². The Morgan fingerprint density at radius 1 is 1.64 bits per heavy atom. The lowest BCUT2D eigenvalue weighted by Gasteiger charge is -2.04. The summed E-state index contributed by atoms with van der Waals surface area (Å²) in [5.41, 5.74) is 0.